The maximum absolute atomic E-state index is 12.5. The van der Waals surface area contributed by atoms with Gasteiger partial charge in [-0.2, -0.15) is 17.0 Å². The van der Waals surface area contributed by atoms with Gasteiger partial charge in [-0.25, -0.2) is 0 Å². The lowest BCUT2D eigenvalue weighted by atomic mass is 10.3. The second-order valence-electron chi connectivity index (χ2n) is 4.57. The van der Waals surface area contributed by atoms with Crippen LogP contribution in [0, 0.1) is 0 Å². The van der Waals surface area contributed by atoms with Crippen molar-refractivity contribution < 1.29 is 8.42 Å². The van der Waals surface area contributed by atoms with Gasteiger partial charge in [0.05, 0.1) is 0 Å². The molecule has 0 aliphatic carbocycles. The summed E-state index contributed by atoms with van der Waals surface area (Å²) < 4.78 is 28.3. The van der Waals surface area contributed by atoms with E-state index >= 15 is 0 Å². The van der Waals surface area contributed by atoms with Crippen LogP contribution in [0.4, 0.5) is 0 Å². The molecular formula is C11H25N3O2S. The van der Waals surface area contributed by atoms with E-state index in [0.717, 1.165) is 25.9 Å². The molecule has 0 bridgehead atoms. The molecular weight excluding hydrogens is 238 g/mol. The molecule has 6 heteroatoms. The van der Waals surface area contributed by atoms with Gasteiger partial charge in [0.2, 0.25) is 0 Å². The van der Waals surface area contributed by atoms with Crippen LogP contribution in [0.25, 0.3) is 0 Å². The van der Waals surface area contributed by atoms with Gasteiger partial charge in [-0.3, -0.25) is 0 Å². The van der Waals surface area contributed by atoms with Crippen LogP contribution in [0.2, 0.25) is 0 Å². The summed E-state index contributed by atoms with van der Waals surface area (Å²) in [5.74, 6) is 0. The van der Waals surface area contributed by atoms with Crippen LogP contribution in [0.15, 0.2) is 0 Å². The van der Waals surface area contributed by atoms with Crippen LogP contribution in [0.3, 0.4) is 0 Å². The Morgan fingerprint density at radius 1 is 1.29 bits per heavy atom. The van der Waals surface area contributed by atoms with Gasteiger partial charge in [0.15, 0.2) is 0 Å². The van der Waals surface area contributed by atoms with E-state index in [1.165, 1.54) is 0 Å². The first-order valence-electron chi connectivity index (χ1n) is 6.51. The molecule has 0 saturated carbocycles. The summed E-state index contributed by atoms with van der Waals surface area (Å²) in [6.45, 7) is 9.28. The molecule has 1 saturated heterocycles. The third kappa shape index (κ3) is 3.64. The SMILES string of the molecule is CCCN(CCC)S(=O)(=O)N1CCNC[C@@H]1C. The first kappa shape index (κ1) is 14.9. The maximum Gasteiger partial charge on any atom is 0.282 e. The van der Waals surface area contributed by atoms with Crippen molar-refractivity contribution >= 4 is 10.2 Å². The van der Waals surface area contributed by atoms with Gasteiger partial charge < -0.3 is 5.32 Å². The van der Waals surface area contributed by atoms with Crippen LogP contribution >= 0.6 is 0 Å². The van der Waals surface area contributed by atoms with Gasteiger partial charge in [-0.1, -0.05) is 13.8 Å². The molecule has 0 unspecified atom stereocenters. The van der Waals surface area contributed by atoms with Crippen molar-refractivity contribution in [2.24, 2.45) is 0 Å². The number of nitrogens with one attached hydrogen (secondary N) is 1. The number of hydrogen-bond acceptors (Lipinski definition) is 3. The molecule has 102 valence electrons. The predicted molar refractivity (Wildman–Crippen MR) is 70.1 cm³/mol. The average molecular weight is 263 g/mol. The van der Waals surface area contributed by atoms with Gasteiger partial charge in [0.25, 0.3) is 10.2 Å². The molecule has 1 fully saturated rings. The predicted octanol–water partition coefficient (Wildman–Crippen LogP) is 0.647. The molecule has 1 N–H and O–H groups in total. The number of hydrogen-bond donors (Lipinski definition) is 1. The Hall–Kier alpha value is -0.170. The average Bonchev–Trinajstić information content (AvgIpc) is 2.29. The number of rotatable bonds is 6. The normalized spacial score (nSPS) is 23.2. The monoisotopic (exact) mass is 263 g/mol. The molecule has 0 aromatic heterocycles. The molecule has 1 heterocycles. The third-order valence-electron chi connectivity index (χ3n) is 3.01. The fourth-order valence-corrected chi connectivity index (χ4v) is 4.13. The maximum atomic E-state index is 12.5. The first-order valence-corrected chi connectivity index (χ1v) is 7.91. The number of nitrogens with zero attached hydrogens (tertiary/aromatic N) is 2. The molecule has 0 spiro atoms. The van der Waals surface area contributed by atoms with Crippen LogP contribution in [-0.4, -0.2) is 55.8 Å². The van der Waals surface area contributed by atoms with Crippen LogP contribution in [-0.2, 0) is 10.2 Å². The van der Waals surface area contributed by atoms with Crippen molar-refractivity contribution in [3.8, 4) is 0 Å². The van der Waals surface area contributed by atoms with Gasteiger partial charge in [-0.15, -0.1) is 0 Å². The minimum absolute atomic E-state index is 0.0463. The van der Waals surface area contributed by atoms with E-state index in [2.05, 4.69) is 5.32 Å². The Bertz CT molecular complexity index is 313. The zero-order chi connectivity index (χ0) is 12.9. The summed E-state index contributed by atoms with van der Waals surface area (Å²) in [5.41, 5.74) is 0. The van der Waals surface area contributed by atoms with Gasteiger partial charge in [0, 0.05) is 38.8 Å². The standard InChI is InChI=1S/C11H25N3O2S/c1-4-7-13(8-5-2)17(15,16)14-9-6-12-10-11(14)3/h11-12H,4-10H2,1-3H3/t11-/m0/s1. The summed E-state index contributed by atoms with van der Waals surface area (Å²) in [6, 6.07) is 0.0463. The summed E-state index contributed by atoms with van der Waals surface area (Å²) in [4.78, 5) is 0. The fourth-order valence-electron chi connectivity index (χ4n) is 2.15. The van der Waals surface area contributed by atoms with Crippen molar-refractivity contribution in [2.45, 2.75) is 39.7 Å². The van der Waals surface area contributed by atoms with Gasteiger partial charge in [0.1, 0.15) is 0 Å². The summed E-state index contributed by atoms with van der Waals surface area (Å²) in [7, 11) is -3.27. The van der Waals surface area contributed by atoms with Crippen molar-refractivity contribution in [3.63, 3.8) is 0 Å². The molecule has 1 aliphatic heterocycles. The van der Waals surface area contributed by atoms with Crippen LogP contribution < -0.4 is 5.32 Å². The molecule has 0 amide bonds. The van der Waals surface area contributed by atoms with Crippen molar-refractivity contribution in [1.29, 1.82) is 0 Å². The molecule has 5 nitrogen and oxygen atoms in total. The third-order valence-corrected chi connectivity index (χ3v) is 5.16. The Morgan fingerprint density at radius 3 is 2.35 bits per heavy atom. The van der Waals surface area contributed by atoms with E-state index in [-0.39, 0.29) is 6.04 Å². The zero-order valence-electron chi connectivity index (χ0n) is 11.1. The lowest BCUT2D eigenvalue weighted by molar-refractivity contribution is 0.256. The van der Waals surface area contributed by atoms with Crippen LogP contribution in [0.5, 0.6) is 0 Å². The molecule has 1 aliphatic rings. The zero-order valence-corrected chi connectivity index (χ0v) is 12.0. The van der Waals surface area contributed by atoms with E-state index < -0.39 is 10.2 Å². The summed E-state index contributed by atoms with van der Waals surface area (Å²) in [5, 5.41) is 3.21. The van der Waals surface area contributed by atoms with E-state index in [4.69, 9.17) is 0 Å². The van der Waals surface area contributed by atoms with Gasteiger partial charge in [-0.05, 0) is 19.8 Å². The van der Waals surface area contributed by atoms with E-state index in [9.17, 15) is 8.42 Å². The minimum Gasteiger partial charge on any atom is -0.314 e. The van der Waals surface area contributed by atoms with Crippen molar-refractivity contribution in [1.82, 2.24) is 13.9 Å². The molecule has 0 radical (unpaired) electrons. The highest BCUT2D eigenvalue weighted by molar-refractivity contribution is 7.86. The topological polar surface area (TPSA) is 52.7 Å². The molecule has 1 rings (SSSR count). The molecule has 1 atom stereocenters. The Labute approximate surface area is 105 Å². The number of piperazine rings is 1. The largest absolute Gasteiger partial charge is 0.314 e. The highest BCUT2D eigenvalue weighted by atomic mass is 32.2. The summed E-state index contributed by atoms with van der Waals surface area (Å²) in [6.07, 6.45) is 1.72. The fraction of sp³-hybridized carbons (Fsp3) is 1.00. The highest BCUT2D eigenvalue weighted by Crippen LogP contribution is 2.15. The van der Waals surface area contributed by atoms with Crippen molar-refractivity contribution in [2.75, 3.05) is 32.7 Å². The van der Waals surface area contributed by atoms with Crippen molar-refractivity contribution in [3.05, 3.63) is 0 Å². The van der Waals surface area contributed by atoms with Crippen LogP contribution in [0.1, 0.15) is 33.6 Å². The quantitative estimate of drug-likeness (QED) is 0.765. The second kappa shape index (κ2) is 6.68. The summed E-state index contributed by atoms with van der Waals surface area (Å²) >= 11 is 0. The molecule has 0 aromatic rings. The second-order valence-corrected chi connectivity index (χ2v) is 6.45. The highest BCUT2D eigenvalue weighted by Gasteiger charge is 2.33. The van der Waals surface area contributed by atoms with E-state index in [1.54, 1.807) is 8.61 Å². The Balaban J connectivity index is 2.81. The smallest absolute Gasteiger partial charge is 0.282 e. The lowest BCUT2D eigenvalue weighted by Crippen LogP contribution is -2.56. The molecule has 17 heavy (non-hydrogen) atoms. The van der Waals surface area contributed by atoms with E-state index in [1.807, 2.05) is 20.8 Å². The first-order chi connectivity index (χ1) is 8.04. The Morgan fingerprint density at radius 2 is 1.88 bits per heavy atom. The van der Waals surface area contributed by atoms with E-state index in [0.29, 0.717) is 19.6 Å². The lowest BCUT2D eigenvalue weighted by Gasteiger charge is -2.36. The molecule has 0 aromatic carbocycles. The van der Waals surface area contributed by atoms with Gasteiger partial charge >= 0.3 is 0 Å². The Kier molecular flexibility index (Phi) is 5.85. The minimum atomic E-state index is -3.27.